The van der Waals surface area contributed by atoms with Crippen molar-refractivity contribution in [1.29, 1.82) is 0 Å². The standard InChI is InChI=1S/C5H12O4S/c1-4(2)5(6)3-10(7,8)9/h4-6H,3H2,1-2H3,(H,7,8,9). The highest BCUT2D eigenvalue weighted by atomic mass is 32.2. The van der Waals surface area contributed by atoms with Crippen LogP contribution in [-0.4, -0.2) is 29.9 Å². The summed E-state index contributed by atoms with van der Waals surface area (Å²) in [5.41, 5.74) is 0. The van der Waals surface area contributed by atoms with Crippen molar-refractivity contribution in [3.8, 4) is 0 Å². The summed E-state index contributed by atoms with van der Waals surface area (Å²) in [7, 11) is -4.02. The van der Waals surface area contributed by atoms with Crippen LogP contribution in [0.15, 0.2) is 0 Å². The average Bonchev–Trinajstić information content (AvgIpc) is 1.60. The summed E-state index contributed by atoms with van der Waals surface area (Å²) < 4.78 is 28.5. The van der Waals surface area contributed by atoms with Gasteiger partial charge in [-0.2, -0.15) is 8.42 Å². The van der Waals surface area contributed by atoms with E-state index < -0.39 is 22.0 Å². The smallest absolute Gasteiger partial charge is 0.267 e. The molecule has 0 saturated heterocycles. The lowest BCUT2D eigenvalue weighted by Gasteiger charge is -2.11. The van der Waals surface area contributed by atoms with Crippen LogP contribution in [0.4, 0.5) is 0 Å². The van der Waals surface area contributed by atoms with Gasteiger partial charge < -0.3 is 5.11 Å². The van der Waals surface area contributed by atoms with Crippen molar-refractivity contribution in [3.63, 3.8) is 0 Å². The highest BCUT2D eigenvalue weighted by Gasteiger charge is 2.16. The van der Waals surface area contributed by atoms with Crippen molar-refractivity contribution in [2.24, 2.45) is 5.92 Å². The van der Waals surface area contributed by atoms with E-state index in [-0.39, 0.29) is 5.92 Å². The van der Waals surface area contributed by atoms with Crippen LogP contribution in [0.25, 0.3) is 0 Å². The molecule has 1 atom stereocenters. The molecule has 0 aromatic carbocycles. The maximum absolute atomic E-state index is 10.1. The minimum Gasteiger partial charge on any atom is -0.392 e. The Morgan fingerprint density at radius 1 is 1.40 bits per heavy atom. The predicted molar refractivity (Wildman–Crippen MR) is 37.3 cm³/mol. The summed E-state index contributed by atoms with van der Waals surface area (Å²) in [6.07, 6.45) is -0.977. The molecule has 0 spiro atoms. The fourth-order valence-electron chi connectivity index (χ4n) is 0.408. The normalized spacial score (nSPS) is 15.7. The number of rotatable bonds is 3. The highest BCUT2D eigenvalue weighted by molar-refractivity contribution is 7.85. The van der Waals surface area contributed by atoms with Crippen LogP contribution in [0.5, 0.6) is 0 Å². The van der Waals surface area contributed by atoms with Crippen molar-refractivity contribution in [3.05, 3.63) is 0 Å². The second-order valence-electron chi connectivity index (χ2n) is 2.56. The Morgan fingerprint density at radius 2 is 1.80 bits per heavy atom. The molecule has 0 aromatic rings. The Labute approximate surface area is 60.6 Å². The SMILES string of the molecule is CC(C)C(O)CS(=O)(=O)O. The molecule has 0 rings (SSSR count). The largest absolute Gasteiger partial charge is 0.392 e. The molecule has 0 aliphatic carbocycles. The Kier molecular flexibility index (Phi) is 3.27. The summed E-state index contributed by atoms with van der Waals surface area (Å²) in [6, 6.07) is 0. The average molecular weight is 168 g/mol. The summed E-state index contributed by atoms with van der Waals surface area (Å²) in [4.78, 5) is 0. The van der Waals surface area contributed by atoms with Gasteiger partial charge in [0.05, 0.1) is 6.10 Å². The van der Waals surface area contributed by atoms with E-state index in [1.165, 1.54) is 0 Å². The third-order valence-corrected chi connectivity index (χ3v) is 1.91. The molecule has 1 unspecified atom stereocenters. The number of hydrogen-bond donors (Lipinski definition) is 2. The predicted octanol–water partition coefficient (Wildman–Crippen LogP) is -0.109. The van der Waals surface area contributed by atoms with E-state index in [0.717, 1.165) is 0 Å². The van der Waals surface area contributed by atoms with E-state index in [4.69, 9.17) is 9.66 Å². The van der Waals surface area contributed by atoms with E-state index in [0.29, 0.717) is 0 Å². The molecule has 0 heterocycles. The molecule has 0 saturated carbocycles. The van der Waals surface area contributed by atoms with Gasteiger partial charge in [-0.15, -0.1) is 0 Å². The number of aliphatic hydroxyl groups excluding tert-OH is 1. The number of aliphatic hydroxyl groups is 1. The molecule has 0 aliphatic heterocycles. The molecule has 0 bridgehead atoms. The molecule has 0 amide bonds. The topological polar surface area (TPSA) is 74.6 Å². The van der Waals surface area contributed by atoms with E-state index in [1.54, 1.807) is 13.8 Å². The molecule has 62 valence electrons. The van der Waals surface area contributed by atoms with Crippen LogP contribution in [0, 0.1) is 5.92 Å². The Balaban J connectivity index is 3.93. The van der Waals surface area contributed by atoms with Gasteiger partial charge in [-0.25, -0.2) is 0 Å². The van der Waals surface area contributed by atoms with Crippen LogP contribution < -0.4 is 0 Å². The van der Waals surface area contributed by atoms with Crippen molar-refractivity contribution < 1.29 is 18.1 Å². The van der Waals surface area contributed by atoms with Gasteiger partial charge in [0.25, 0.3) is 10.1 Å². The molecule has 5 heteroatoms. The Morgan fingerprint density at radius 3 is 1.90 bits per heavy atom. The fraction of sp³-hybridized carbons (Fsp3) is 1.00. The lowest BCUT2D eigenvalue weighted by molar-refractivity contribution is 0.145. The minimum atomic E-state index is -4.02. The van der Waals surface area contributed by atoms with Crippen molar-refractivity contribution in [1.82, 2.24) is 0 Å². The first kappa shape index (κ1) is 9.87. The maximum Gasteiger partial charge on any atom is 0.267 e. The Bertz CT molecular complexity index is 182. The van der Waals surface area contributed by atoms with E-state index in [9.17, 15) is 8.42 Å². The van der Waals surface area contributed by atoms with Crippen LogP contribution in [0.1, 0.15) is 13.8 Å². The fourth-order valence-corrected chi connectivity index (χ4v) is 1.22. The van der Waals surface area contributed by atoms with Gasteiger partial charge in [0.2, 0.25) is 0 Å². The zero-order chi connectivity index (χ0) is 8.36. The van der Waals surface area contributed by atoms with Crippen molar-refractivity contribution >= 4 is 10.1 Å². The highest BCUT2D eigenvalue weighted by Crippen LogP contribution is 2.02. The second-order valence-corrected chi connectivity index (χ2v) is 4.06. The molecule has 4 nitrogen and oxygen atoms in total. The minimum absolute atomic E-state index is 0.151. The third-order valence-electron chi connectivity index (χ3n) is 1.15. The van der Waals surface area contributed by atoms with Gasteiger partial charge in [0.15, 0.2) is 0 Å². The van der Waals surface area contributed by atoms with Crippen LogP contribution in [0.2, 0.25) is 0 Å². The first-order valence-corrected chi connectivity index (χ1v) is 4.57. The second kappa shape index (κ2) is 3.32. The molecule has 0 aromatic heterocycles. The van der Waals surface area contributed by atoms with Crippen molar-refractivity contribution in [2.75, 3.05) is 5.75 Å². The maximum atomic E-state index is 10.1. The van der Waals surface area contributed by atoms with Gasteiger partial charge in [-0.05, 0) is 5.92 Å². The Hall–Kier alpha value is -0.130. The third kappa shape index (κ3) is 4.72. The molecule has 0 aliphatic rings. The molecule has 0 radical (unpaired) electrons. The van der Waals surface area contributed by atoms with E-state index >= 15 is 0 Å². The zero-order valence-electron chi connectivity index (χ0n) is 5.98. The summed E-state index contributed by atoms with van der Waals surface area (Å²) in [5.74, 6) is -0.730. The molecular weight excluding hydrogens is 156 g/mol. The van der Waals surface area contributed by atoms with Crippen LogP contribution in [0.3, 0.4) is 0 Å². The lowest BCUT2D eigenvalue weighted by atomic mass is 10.1. The van der Waals surface area contributed by atoms with Crippen molar-refractivity contribution in [2.45, 2.75) is 20.0 Å². The van der Waals surface area contributed by atoms with Gasteiger partial charge in [0, 0.05) is 0 Å². The summed E-state index contributed by atoms with van der Waals surface area (Å²) in [5, 5.41) is 8.92. The van der Waals surface area contributed by atoms with Gasteiger partial charge >= 0.3 is 0 Å². The summed E-state index contributed by atoms with van der Waals surface area (Å²) >= 11 is 0. The quantitative estimate of drug-likeness (QED) is 0.577. The van der Waals surface area contributed by atoms with E-state index in [2.05, 4.69) is 0 Å². The molecule has 10 heavy (non-hydrogen) atoms. The molecule has 2 N–H and O–H groups in total. The van der Waals surface area contributed by atoms with Crippen LogP contribution in [-0.2, 0) is 10.1 Å². The lowest BCUT2D eigenvalue weighted by Crippen LogP contribution is -2.25. The monoisotopic (exact) mass is 168 g/mol. The first-order valence-electron chi connectivity index (χ1n) is 2.96. The van der Waals surface area contributed by atoms with E-state index in [1.807, 2.05) is 0 Å². The molecular formula is C5H12O4S. The number of hydrogen-bond acceptors (Lipinski definition) is 3. The first-order chi connectivity index (χ1) is 4.33. The van der Waals surface area contributed by atoms with Gasteiger partial charge in [-0.1, -0.05) is 13.8 Å². The summed E-state index contributed by atoms with van der Waals surface area (Å²) in [6.45, 7) is 3.35. The van der Waals surface area contributed by atoms with Gasteiger partial charge in [0.1, 0.15) is 5.75 Å². The van der Waals surface area contributed by atoms with Gasteiger partial charge in [-0.3, -0.25) is 4.55 Å². The van der Waals surface area contributed by atoms with Crippen LogP contribution >= 0.6 is 0 Å². The zero-order valence-corrected chi connectivity index (χ0v) is 6.80. The molecule has 0 fully saturated rings.